The van der Waals surface area contributed by atoms with E-state index in [0.29, 0.717) is 0 Å². The van der Waals surface area contributed by atoms with Crippen molar-refractivity contribution in [2.24, 2.45) is 0 Å². The van der Waals surface area contributed by atoms with E-state index in [9.17, 15) is 0 Å². The Morgan fingerprint density at radius 3 is 2.38 bits per heavy atom. The molecule has 0 spiro atoms. The van der Waals surface area contributed by atoms with Gasteiger partial charge in [-0.2, -0.15) is 0 Å². The number of anilines is 2. The van der Waals surface area contributed by atoms with Gasteiger partial charge in [0, 0.05) is 25.0 Å². The van der Waals surface area contributed by atoms with Crippen molar-refractivity contribution in [3.05, 3.63) is 78.5 Å². The fourth-order valence-corrected chi connectivity index (χ4v) is 2.88. The van der Waals surface area contributed by atoms with Crippen molar-refractivity contribution in [3.8, 4) is 0 Å². The van der Waals surface area contributed by atoms with Crippen LogP contribution in [0.3, 0.4) is 0 Å². The Bertz CT molecular complexity index is 685. The molecule has 0 aliphatic carbocycles. The first-order chi connectivity index (χ1) is 11.8. The molecule has 1 aliphatic heterocycles. The fraction of sp³-hybridized carbons (Fsp3) is 0.238. The number of hydrogen-bond acceptors (Lipinski definition) is 3. The predicted octanol–water partition coefficient (Wildman–Crippen LogP) is 4.45. The molecule has 24 heavy (non-hydrogen) atoms. The third-order valence-electron chi connectivity index (χ3n) is 4.28. The van der Waals surface area contributed by atoms with Crippen LogP contribution in [0.25, 0.3) is 6.08 Å². The number of hydrogen-bond donors (Lipinski definition) is 1. The molecule has 0 saturated carbocycles. The van der Waals surface area contributed by atoms with Crippen LogP contribution >= 0.6 is 0 Å². The number of para-hydroxylation sites is 1. The van der Waals surface area contributed by atoms with Crippen molar-refractivity contribution in [3.63, 3.8) is 0 Å². The minimum absolute atomic E-state index is 0.215. The fourth-order valence-electron chi connectivity index (χ4n) is 2.88. The van der Waals surface area contributed by atoms with E-state index in [-0.39, 0.29) is 6.04 Å². The molecule has 0 saturated heterocycles. The summed E-state index contributed by atoms with van der Waals surface area (Å²) in [6, 6.07) is 19.3. The molecule has 0 fully saturated rings. The highest BCUT2D eigenvalue weighted by Gasteiger charge is 2.13. The Morgan fingerprint density at radius 1 is 1.00 bits per heavy atom. The van der Waals surface area contributed by atoms with Gasteiger partial charge < -0.3 is 4.90 Å². The van der Waals surface area contributed by atoms with Gasteiger partial charge >= 0.3 is 0 Å². The topological polar surface area (TPSA) is 18.5 Å². The molecule has 1 aliphatic rings. The maximum Gasteiger partial charge on any atom is 0.0648 e. The third-order valence-corrected chi connectivity index (χ3v) is 4.28. The second-order valence-electron chi connectivity index (χ2n) is 5.82. The van der Waals surface area contributed by atoms with Gasteiger partial charge in [-0.05, 0) is 49.8 Å². The van der Waals surface area contributed by atoms with Crippen molar-refractivity contribution in [2.45, 2.75) is 19.9 Å². The monoisotopic (exact) mass is 319 g/mol. The van der Waals surface area contributed by atoms with Gasteiger partial charge in [0.25, 0.3) is 0 Å². The van der Waals surface area contributed by atoms with Crippen molar-refractivity contribution in [1.82, 2.24) is 5.43 Å². The van der Waals surface area contributed by atoms with Gasteiger partial charge in [-0.25, -0.2) is 5.43 Å². The number of benzene rings is 2. The number of hydrazine groups is 1. The lowest BCUT2D eigenvalue weighted by Gasteiger charge is -2.21. The van der Waals surface area contributed by atoms with E-state index in [0.717, 1.165) is 18.8 Å². The van der Waals surface area contributed by atoms with Gasteiger partial charge in [0.05, 0.1) is 11.7 Å². The van der Waals surface area contributed by atoms with Gasteiger partial charge in [0.2, 0.25) is 0 Å². The molecule has 0 amide bonds. The summed E-state index contributed by atoms with van der Waals surface area (Å²) in [6.07, 6.45) is 8.59. The maximum atomic E-state index is 3.45. The molecule has 0 aromatic heterocycles. The molecule has 3 nitrogen and oxygen atoms in total. The van der Waals surface area contributed by atoms with E-state index in [2.05, 4.69) is 90.0 Å². The van der Waals surface area contributed by atoms with Crippen LogP contribution < -0.4 is 15.3 Å². The molecule has 124 valence electrons. The van der Waals surface area contributed by atoms with Crippen LogP contribution in [-0.2, 0) is 0 Å². The van der Waals surface area contributed by atoms with Gasteiger partial charge in [-0.15, -0.1) is 0 Å². The zero-order valence-corrected chi connectivity index (χ0v) is 14.4. The molecule has 0 bridgehead atoms. The first kappa shape index (κ1) is 16.3. The van der Waals surface area contributed by atoms with Crippen molar-refractivity contribution in [2.75, 3.05) is 23.0 Å². The Morgan fingerprint density at radius 2 is 1.71 bits per heavy atom. The molecule has 3 rings (SSSR count). The Kier molecular flexibility index (Phi) is 5.34. The standard InChI is InChI=1S/C21H25N3/c1-3-23(4-2)20-14-11-18(12-15-20)10-13-19-16-17-24(22-19)21-8-6-5-7-9-21/h5-17,19,22H,3-4H2,1-2H3. The van der Waals surface area contributed by atoms with Crippen LogP contribution in [0.5, 0.6) is 0 Å². The van der Waals surface area contributed by atoms with Crippen molar-refractivity contribution >= 4 is 17.5 Å². The first-order valence-electron chi connectivity index (χ1n) is 8.62. The van der Waals surface area contributed by atoms with E-state index in [1.165, 1.54) is 11.3 Å². The Balaban J connectivity index is 1.60. The van der Waals surface area contributed by atoms with E-state index in [1.54, 1.807) is 0 Å². The average molecular weight is 319 g/mol. The summed E-state index contributed by atoms with van der Waals surface area (Å²) in [4.78, 5) is 2.35. The normalized spacial score (nSPS) is 16.9. The number of nitrogens with one attached hydrogen (secondary N) is 1. The highest BCUT2D eigenvalue weighted by molar-refractivity contribution is 5.57. The highest BCUT2D eigenvalue weighted by atomic mass is 15.5. The van der Waals surface area contributed by atoms with Crippen LogP contribution in [0.1, 0.15) is 19.4 Å². The third kappa shape index (κ3) is 3.87. The molecule has 2 aromatic carbocycles. The molecule has 1 atom stereocenters. The maximum absolute atomic E-state index is 3.45. The van der Waals surface area contributed by atoms with E-state index in [4.69, 9.17) is 0 Å². The van der Waals surface area contributed by atoms with Crippen LogP contribution in [0.15, 0.2) is 72.9 Å². The number of rotatable bonds is 6. The average Bonchev–Trinajstić information content (AvgIpc) is 3.12. The van der Waals surface area contributed by atoms with Crippen LogP contribution in [0.2, 0.25) is 0 Å². The summed E-state index contributed by atoms with van der Waals surface area (Å²) in [6.45, 7) is 6.46. The second kappa shape index (κ2) is 7.84. The second-order valence-corrected chi connectivity index (χ2v) is 5.82. The summed E-state index contributed by atoms with van der Waals surface area (Å²) in [5.74, 6) is 0. The van der Waals surface area contributed by atoms with Gasteiger partial charge in [0.1, 0.15) is 0 Å². The van der Waals surface area contributed by atoms with Gasteiger partial charge in [-0.3, -0.25) is 5.01 Å². The first-order valence-corrected chi connectivity index (χ1v) is 8.62. The van der Waals surface area contributed by atoms with Crippen LogP contribution in [0.4, 0.5) is 11.4 Å². The molecule has 1 N–H and O–H groups in total. The lowest BCUT2D eigenvalue weighted by Crippen LogP contribution is -2.34. The van der Waals surface area contributed by atoms with Gasteiger partial charge in [0.15, 0.2) is 0 Å². The summed E-state index contributed by atoms with van der Waals surface area (Å²) in [5, 5.41) is 2.05. The zero-order valence-electron chi connectivity index (χ0n) is 14.4. The summed E-state index contributed by atoms with van der Waals surface area (Å²) < 4.78 is 0. The largest absolute Gasteiger partial charge is 0.372 e. The summed E-state index contributed by atoms with van der Waals surface area (Å²) in [5.41, 5.74) is 7.10. The van der Waals surface area contributed by atoms with Crippen LogP contribution in [-0.4, -0.2) is 19.1 Å². The molecular formula is C21H25N3. The molecule has 3 heteroatoms. The smallest absolute Gasteiger partial charge is 0.0648 e. The Labute approximate surface area is 144 Å². The van der Waals surface area contributed by atoms with Crippen LogP contribution in [0, 0.1) is 0 Å². The van der Waals surface area contributed by atoms with Crippen molar-refractivity contribution in [1.29, 1.82) is 0 Å². The lowest BCUT2D eigenvalue weighted by molar-refractivity contribution is 0.730. The van der Waals surface area contributed by atoms with E-state index >= 15 is 0 Å². The summed E-state index contributed by atoms with van der Waals surface area (Å²) >= 11 is 0. The predicted molar refractivity (Wildman–Crippen MR) is 104 cm³/mol. The van der Waals surface area contributed by atoms with Crippen molar-refractivity contribution < 1.29 is 0 Å². The zero-order chi connectivity index (χ0) is 16.8. The van der Waals surface area contributed by atoms with E-state index in [1.807, 2.05) is 18.2 Å². The molecule has 0 radical (unpaired) electrons. The molecule has 1 heterocycles. The molecular weight excluding hydrogens is 294 g/mol. The van der Waals surface area contributed by atoms with Gasteiger partial charge in [-0.1, -0.05) is 42.5 Å². The quantitative estimate of drug-likeness (QED) is 0.848. The van der Waals surface area contributed by atoms with E-state index < -0.39 is 0 Å². The molecule has 2 aromatic rings. The minimum atomic E-state index is 0.215. The lowest BCUT2D eigenvalue weighted by atomic mass is 10.1. The minimum Gasteiger partial charge on any atom is -0.372 e. The number of nitrogens with zero attached hydrogens (tertiary/aromatic N) is 2. The molecule has 1 unspecified atom stereocenters. The SMILES string of the molecule is CCN(CC)c1ccc(C=CC2C=CN(c3ccccc3)N2)cc1. The Hall–Kier alpha value is -2.52. The highest BCUT2D eigenvalue weighted by Crippen LogP contribution is 2.18. The summed E-state index contributed by atoms with van der Waals surface area (Å²) in [7, 11) is 0.